The van der Waals surface area contributed by atoms with Gasteiger partial charge in [-0.1, -0.05) is 0 Å². The Hall–Kier alpha value is -1.71. The van der Waals surface area contributed by atoms with Gasteiger partial charge in [-0.2, -0.15) is 0 Å². The molecular weight excluding hydrogens is 292 g/mol. The Kier molecular flexibility index (Phi) is 5.33. The monoisotopic (exact) mass is 312 g/mol. The van der Waals surface area contributed by atoms with E-state index in [0.717, 1.165) is 0 Å². The second kappa shape index (κ2) is 7.03. The number of nitrogens with one attached hydrogen (secondary N) is 2. The van der Waals surface area contributed by atoms with Crippen LogP contribution in [0.5, 0.6) is 0 Å². The second-order valence-electron chi connectivity index (χ2n) is 5.16. The van der Waals surface area contributed by atoms with E-state index in [2.05, 4.69) is 10.6 Å². The standard InChI is InChI=1S/C14H20N2O6/c1-7(18)15-8-2-4-9(5-3-8)16-14-12(21)11(20)13(22-14)10(19)6-17/h2-5,10-14,16-17,19-21H,6H2,1H3,(H,15,18)/t10-,11+,12-,13+,14-/m1/s1. The van der Waals surface area contributed by atoms with Gasteiger partial charge in [0.05, 0.1) is 6.61 Å². The highest BCUT2D eigenvalue weighted by Crippen LogP contribution is 2.25. The maximum absolute atomic E-state index is 10.9. The van der Waals surface area contributed by atoms with Crippen LogP contribution in [0.1, 0.15) is 6.92 Å². The zero-order valence-electron chi connectivity index (χ0n) is 12.0. The Morgan fingerprint density at radius 3 is 2.36 bits per heavy atom. The Morgan fingerprint density at radius 1 is 1.23 bits per heavy atom. The van der Waals surface area contributed by atoms with E-state index in [1.54, 1.807) is 24.3 Å². The average molecular weight is 312 g/mol. The molecule has 1 heterocycles. The number of aliphatic hydroxyl groups is 4. The molecular formula is C14H20N2O6. The van der Waals surface area contributed by atoms with E-state index in [0.29, 0.717) is 11.4 Å². The zero-order chi connectivity index (χ0) is 16.3. The molecule has 0 aliphatic carbocycles. The molecule has 8 nitrogen and oxygen atoms in total. The molecule has 0 unspecified atom stereocenters. The predicted molar refractivity (Wildman–Crippen MR) is 78.1 cm³/mol. The maximum Gasteiger partial charge on any atom is 0.221 e. The summed E-state index contributed by atoms with van der Waals surface area (Å²) in [6, 6.07) is 6.68. The van der Waals surface area contributed by atoms with Gasteiger partial charge in [0.25, 0.3) is 0 Å². The number of anilines is 2. The van der Waals surface area contributed by atoms with Gasteiger partial charge in [-0.05, 0) is 24.3 Å². The molecule has 0 aromatic heterocycles. The molecule has 2 rings (SSSR count). The van der Waals surface area contributed by atoms with Crippen molar-refractivity contribution in [2.24, 2.45) is 0 Å². The summed E-state index contributed by atoms with van der Waals surface area (Å²) >= 11 is 0. The normalized spacial score (nSPS) is 29.1. The van der Waals surface area contributed by atoms with Gasteiger partial charge >= 0.3 is 0 Å². The first-order valence-electron chi connectivity index (χ1n) is 6.87. The van der Waals surface area contributed by atoms with Crippen molar-refractivity contribution in [3.63, 3.8) is 0 Å². The van der Waals surface area contributed by atoms with E-state index in [4.69, 9.17) is 9.84 Å². The van der Waals surface area contributed by atoms with Crippen LogP contribution in [-0.4, -0.2) is 63.6 Å². The molecule has 0 radical (unpaired) electrons. The molecule has 1 saturated heterocycles. The summed E-state index contributed by atoms with van der Waals surface area (Å²) in [6.45, 7) is 0.829. The lowest BCUT2D eigenvalue weighted by atomic mass is 10.1. The topological polar surface area (TPSA) is 131 Å². The van der Waals surface area contributed by atoms with Crippen LogP contribution >= 0.6 is 0 Å². The lowest BCUT2D eigenvalue weighted by Gasteiger charge is -2.19. The molecule has 1 aromatic rings. The van der Waals surface area contributed by atoms with Gasteiger partial charge in [-0.3, -0.25) is 4.79 Å². The highest BCUT2D eigenvalue weighted by molar-refractivity contribution is 5.88. The Bertz CT molecular complexity index is 509. The minimum Gasteiger partial charge on any atom is -0.394 e. The molecule has 1 aliphatic heterocycles. The number of rotatable bonds is 5. The van der Waals surface area contributed by atoms with Gasteiger partial charge in [0, 0.05) is 18.3 Å². The van der Waals surface area contributed by atoms with E-state index < -0.39 is 37.3 Å². The smallest absolute Gasteiger partial charge is 0.221 e. The lowest BCUT2D eigenvalue weighted by molar-refractivity contribution is -0.114. The van der Waals surface area contributed by atoms with Crippen LogP contribution < -0.4 is 10.6 Å². The van der Waals surface area contributed by atoms with Crippen molar-refractivity contribution in [2.75, 3.05) is 17.2 Å². The molecule has 0 saturated carbocycles. The number of hydrogen-bond acceptors (Lipinski definition) is 7. The maximum atomic E-state index is 10.9. The molecule has 1 aliphatic rings. The number of carbonyl (C=O) groups is 1. The van der Waals surface area contributed by atoms with Gasteiger partial charge in [0.15, 0.2) is 6.23 Å². The minimum absolute atomic E-state index is 0.181. The number of hydrogen-bond donors (Lipinski definition) is 6. The van der Waals surface area contributed by atoms with Crippen LogP contribution in [0, 0.1) is 0 Å². The molecule has 0 spiro atoms. The summed E-state index contributed by atoms with van der Waals surface area (Å²) in [7, 11) is 0. The van der Waals surface area contributed by atoms with E-state index in [1.807, 2.05) is 0 Å². The molecule has 1 amide bonds. The third-order valence-electron chi connectivity index (χ3n) is 3.38. The van der Waals surface area contributed by atoms with Gasteiger partial charge in [-0.25, -0.2) is 0 Å². The van der Waals surface area contributed by atoms with E-state index >= 15 is 0 Å². The molecule has 122 valence electrons. The van der Waals surface area contributed by atoms with Gasteiger partial charge < -0.3 is 35.8 Å². The van der Waals surface area contributed by atoms with Gasteiger partial charge in [0.1, 0.15) is 24.4 Å². The van der Waals surface area contributed by atoms with Crippen molar-refractivity contribution >= 4 is 17.3 Å². The SMILES string of the molecule is CC(=O)Nc1ccc(N[C@@H]2O[C@@H]([C@H](O)CO)[C@@H](O)[C@H]2O)cc1. The zero-order valence-corrected chi connectivity index (χ0v) is 12.0. The van der Waals surface area contributed by atoms with Crippen LogP contribution in [0.15, 0.2) is 24.3 Å². The van der Waals surface area contributed by atoms with Crippen molar-refractivity contribution in [2.45, 2.75) is 37.6 Å². The van der Waals surface area contributed by atoms with E-state index in [-0.39, 0.29) is 5.91 Å². The van der Waals surface area contributed by atoms with Crippen molar-refractivity contribution in [3.8, 4) is 0 Å². The Balaban J connectivity index is 2.00. The summed E-state index contributed by atoms with van der Waals surface area (Å²) < 4.78 is 5.35. The molecule has 22 heavy (non-hydrogen) atoms. The van der Waals surface area contributed by atoms with Crippen molar-refractivity contribution in [3.05, 3.63) is 24.3 Å². The van der Waals surface area contributed by atoms with E-state index in [1.165, 1.54) is 6.92 Å². The third kappa shape index (κ3) is 3.73. The van der Waals surface area contributed by atoms with Gasteiger partial charge in [0.2, 0.25) is 5.91 Å². The molecule has 6 N–H and O–H groups in total. The van der Waals surface area contributed by atoms with Crippen LogP contribution in [0.25, 0.3) is 0 Å². The number of ether oxygens (including phenoxy) is 1. The summed E-state index contributed by atoms with van der Waals surface area (Å²) in [4.78, 5) is 10.9. The molecule has 5 atom stereocenters. The van der Waals surface area contributed by atoms with Crippen LogP contribution in [0.2, 0.25) is 0 Å². The van der Waals surface area contributed by atoms with Crippen LogP contribution in [-0.2, 0) is 9.53 Å². The number of amides is 1. The fourth-order valence-corrected chi connectivity index (χ4v) is 2.26. The molecule has 1 fully saturated rings. The Morgan fingerprint density at radius 2 is 1.82 bits per heavy atom. The molecule has 1 aromatic carbocycles. The summed E-state index contributed by atoms with van der Waals surface area (Å²) in [5, 5.41) is 43.7. The summed E-state index contributed by atoms with van der Waals surface area (Å²) in [5.74, 6) is -0.181. The van der Waals surface area contributed by atoms with Gasteiger partial charge in [-0.15, -0.1) is 0 Å². The number of benzene rings is 1. The van der Waals surface area contributed by atoms with Crippen LogP contribution in [0.4, 0.5) is 11.4 Å². The first-order chi connectivity index (χ1) is 10.4. The van der Waals surface area contributed by atoms with Crippen molar-refractivity contribution in [1.82, 2.24) is 0 Å². The fraction of sp³-hybridized carbons (Fsp3) is 0.500. The first kappa shape index (κ1) is 16.7. The number of aliphatic hydroxyl groups excluding tert-OH is 4. The van der Waals surface area contributed by atoms with Crippen LogP contribution in [0.3, 0.4) is 0 Å². The first-order valence-corrected chi connectivity index (χ1v) is 6.87. The van der Waals surface area contributed by atoms with Crippen molar-refractivity contribution < 1.29 is 30.0 Å². The summed E-state index contributed by atoms with van der Waals surface area (Å²) in [6.07, 6.45) is -5.83. The summed E-state index contributed by atoms with van der Waals surface area (Å²) in [5.41, 5.74) is 1.23. The van der Waals surface area contributed by atoms with E-state index in [9.17, 15) is 20.1 Å². The second-order valence-corrected chi connectivity index (χ2v) is 5.16. The largest absolute Gasteiger partial charge is 0.394 e. The van der Waals surface area contributed by atoms with Crippen molar-refractivity contribution in [1.29, 1.82) is 0 Å². The molecule has 8 heteroatoms. The average Bonchev–Trinajstić information content (AvgIpc) is 2.76. The highest BCUT2D eigenvalue weighted by atomic mass is 16.6. The fourth-order valence-electron chi connectivity index (χ4n) is 2.26. The number of carbonyl (C=O) groups excluding carboxylic acids is 1. The predicted octanol–water partition coefficient (Wildman–Crippen LogP) is -1.14. The minimum atomic E-state index is -1.31. The molecule has 0 bridgehead atoms. The highest BCUT2D eigenvalue weighted by Gasteiger charge is 2.45. The third-order valence-corrected chi connectivity index (χ3v) is 3.38. The Labute approximate surface area is 127 Å². The lowest BCUT2D eigenvalue weighted by Crippen LogP contribution is -2.40. The quantitative estimate of drug-likeness (QED) is 0.405.